The third-order valence-electron chi connectivity index (χ3n) is 0.317. The predicted molar refractivity (Wildman–Crippen MR) is 40.3 cm³/mol. The quantitative estimate of drug-likeness (QED) is 0.541. The average molecular weight is 245 g/mol. The second kappa shape index (κ2) is 7.81. The molecular weight excluding hydrogens is 242 g/mol. The largest absolute Gasteiger partial charge is 0.463 e. The molecule has 0 aromatic carbocycles. The molecular formula is C2H3N3O7S2. The van der Waals surface area contributed by atoms with Crippen molar-refractivity contribution in [3.8, 4) is 0 Å². The van der Waals surface area contributed by atoms with Gasteiger partial charge in [-0.3, -0.25) is 0 Å². The summed E-state index contributed by atoms with van der Waals surface area (Å²) in [5, 5.41) is 7.52. The van der Waals surface area contributed by atoms with E-state index in [0.717, 1.165) is 0 Å². The first-order valence-electron chi connectivity index (χ1n) is 2.40. The Bertz CT molecular complexity index is 407. The lowest BCUT2D eigenvalue weighted by Gasteiger charge is -1.64. The van der Waals surface area contributed by atoms with Crippen molar-refractivity contribution < 1.29 is 31.5 Å². The second-order valence-electron chi connectivity index (χ2n) is 1.24. The van der Waals surface area contributed by atoms with Gasteiger partial charge in [0, 0.05) is 0 Å². The number of hydrogen-bond donors (Lipinski definition) is 2. The lowest BCUT2D eigenvalue weighted by atomic mass is 11.2. The molecule has 0 heterocycles. The highest BCUT2D eigenvalue weighted by Crippen LogP contribution is 1.65. The number of carbonyl (C=O) groups excluding carboxylic acids is 1. The lowest BCUT2D eigenvalue weighted by Crippen LogP contribution is -2.02. The molecule has 0 aliphatic heterocycles. The van der Waals surface area contributed by atoms with E-state index in [-0.39, 0.29) is 0 Å². The lowest BCUT2D eigenvalue weighted by molar-refractivity contribution is 0.206. The van der Waals surface area contributed by atoms with Crippen molar-refractivity contribution in [2.24, 2.45) is 14.5 Å². The molecule has 14 heavy (non-hydrogen) atoms. The number of amides is 3. The Kier molecular flexibility index (Phi) is 8.20. The van der Waals surface area contributed by atoms with Crippen LogP contribution >= 0.6 is 0 Å². The molecule has 0 atom stereocenters. The Hall–Kier alpha value is -1.82. The first-order valence-corrected chi connectivity index (χ1v) is 4.46. The van der Waals surface area contributed by atoms with E-state index in [4.69, 9.17) is 5.11 Å². The highest BCUT2D eigenvalue weighted by atomic mass is 32.2. The van der Waals surface area contributed by atoms with E-state index in [9.17, 15) is 26.4 Å². The smallest absolute Gasteiger partial charge is 0.446 e. The molecule has 3 amide bonds. The molecule has 0 saturated heterocycles. The van der Waals surface area contributed by atoms with E-state index in [1.54, 1.807) is 0 Å². The Balaban J connectivity index is 0. The number of rotatable bonds is 0. The van der Waals surface area contributed by atoms with Crippen LogP contribution in [0.4, 0.5) is 9.59 Å². The van der Waals surface area contributed by atoms with Gasteiger partial charge in [0.05, 0.1) is 0 Å². The number of nitrogens with zero attached hydrogens (tertiary/aromatic N) is 2. The van der Waals surface area contributed by atoms with Crippen molar-refractivity contribution >= 4 is 33.1 Å². The van der Waals surface area contributed by atoms with Crippen LogP contribution in [0, 0.1) is 0 Å². The highest BCUT2D eigenvalue weighted by Gasteiger charge is 1.84. The molecule has 0 rings (SSSR count). The van der Waals surface area contributed by atoms with Crippen LogP contribution in [-0.2, 0) is 21.0 Å². The summed E-state index contributed by atoms with van der Waals surface area (Å²) in [5.41, 5.74) is 4.29. The monoisotopic (exact) mass is 245 g/mol. The van der Waals surface area contributed by atoms with Crippen LogP contribution in [0.3, 0.4) is 0 Å². The molecule has 0 saturated carbocycles. The normalized spacial score (nSPS) is 7.43. The van der Waals surface area contributed by atoms with Gasteiger partial charge in [0.15, 0.2) is 0 Å². The predicted octanol–water partition coefficient (Wildman–Crippen LogP) is -1.15. The van der Waals surface area contributed by atoms with Crippen LogP contribution < -0.4 is 5.73 Å². The van der Waals surface area contributed by atoms with Crippen molar-refractivity contribution in [3.05, 3.63) is 0 Å². The summed E-state index contributed by atoms with van der Waals surface area (Å²) in [4.78, 5) is 18.7. The molecule has 0 bridgehead atoms. The SMILES string of the molecule is NC(=O)N=S(=O)=O.O=C(O)N=S(=O)=O. The second-order valence-corrected chi connectivity index (χ2v) is 2.47. The first-order chi connectivity index (χ1) is 6.25. The molecule has 0 aliphatic carbocycles. The van der Waals surface area contributed by atoms with Crippen molar-refractivity contribution in [1.82, 2.24) is 0 Å². The van der Waals surface area contributed by atoms with Gasteiger partial charge in [0.1, 0.15) is 0 Å². The Labute approximate surface area is 79.8 Å². The van der Waals surface area contributed by atoms with E-state index in [0.29, 0.717) is 0 Å². The van der Waals surface area contributed by atoms with Crippen molar-refractivity contribution in [1.29, 1.82) is 0 Å². The van der Waals surface area contributed by atoms with E-state index in [1.807, 2.05) is 0 Å². The number of carboxylic acid groups (broad SMARTS) is 1. The van der Waals surface area contributed by atoms with Crippen molar-refractivity contribution in [3.63, 3.8) is 0 Å². The van der Waals surface area contributed by atoms with E-state index < -0.39 is 33.1 Å². The number of carbonyl (C=O) groups is 2. The third-order valence-corrected chi connectivity index (χ3v) is 0.951. The number of urea groups is 1. The molecule has 0 fully saturated rings. The molecule has 0 aliphatic rings. The van der Waals surface area contributed by atoms with Gasteiger partial charge in [-0.25, -0.2) is 9.59 Å². The summed E-state index contributed by atoms with van der Waals surface area (Å²) < 4.78 is 41.7. The van der Waals surface area contributed by atoms with Gasteiger partial charge in [-0.2, -0.15) is 16.8 Å². The fourth-order valence-electron chi connectivity index (χ4n) is 0.137. The summed E-state index contributed by atoms with van der Waals surface area (Å²) >= 11 is 0. The van der Waals surface area contributed by atoms with E-state index in [1.165, 1.54) is 0 Å². The Morgan fingerprint density at radius 1 is 1.00 bits per heavy atom. The molecule has 80 valence electrons. The van der Waals surface area contributed by atoms with Crippen LogP contribution in [0.5, 0.6) is 0 Å². The minimum Gasteiger partial charge on any atom is -0.463 e. The molecule has 0 spiro atoms. The van der Waals surface area contributed by atoms with Crippen molar-refractivity contribution in [2.75, 3.05) is 0 Å². The maximum atomic E-state index is 9.47. The first kappa shape index (κ1) is 14.7. The van der Waals surface area contributed by atoms with Crippen LogP contribution in [-0.4, -0.2) is 34.1 Å². The maximum Gasteiger partial charge on any atom is 0.446 e. The number of primary amides is 1. The zero-order valence-electron chi connectivity index (χ0n) is 6.18. The molecule has 0 unspecified atom stereocenters. The van der Waals surface area contributed by atoms with Gasteiger partial charge in [-0.05, 0) is 0 Å². The van der Waals surface area contributed by atoms with Gasteiger partial charge in [0.2, 0.25) is 0 Å². The molecule has 0 radical (unpaired) electrons. The zero-order valence-corrected chi connectivity index (χ0v) is 7.82. The van der Waals surface area contributed by atoms with Gasteiger partial charge in [-0.15, -0.1) is 0 Å². The van der Waals surface area contributed by atoms with Crippen molar-refractivity contribution in [2.45, 2.75) is 0 Å². The Morgan fingerprint density at radius 2 is 1.36 bits per heavy atom. The third kappa shape index (κ3) is 22.5. The molecule has 10 nitrogen and oxygen atoms in total. The zero-order chi connectivity index (χ0) is 11.7. The fourth-order valence-corrected chi connectivity index (χ4v) is 0.412. The minimum atomic E-state index is -2.82. The minimum absolute atomic E-state index is 1.20. The van der Waals surface area contributed by atoms with E-state index in [2.05, 4.69) is 14.5 Å². The maximum absolute atomic E-state index is 9.47. The summed E-state index contributed by atoms with van der Waals surface area (Å²) in [6, 6.07) is -1.20. The van der Waals surface area contributed by atoms with Crippen LogP contribution in [0.15, 0.2) is 8.73 Å². The van der Waals surface area contributed by atoms with Gasteiger partial charge in [-0.1, -0.05) is 8.73 Å². The average Bonchev–Trinajstić information content (AvgIpc) is 1.79. The highest BCUT2D eigenvalue weighted by molar-refractivity contribution is 7.62. The van der Waals surface area contributed by atoms with Gasteiger partial charge in [0.25, 0.3) is 0 Å². The number of nitrogens with two attached hydrogens (primary N) is 1. The fraction of sp³-hybridized carbons (Fsp3) is 0. The summed E-state index contributed by atoms with van der Waals surface area (Å²) in [6.45, 7) is 0. The number of hydrogen-bond acceptors (Lipinski definition) is 6. The van der Waals surface area contributed by atoms with Crippen LogP contribution in [0.2, 0.25) is 0 Å². The summed E-state index contributed by atoms with van der Waals surface area (Å²) in [5.74, 6) is 0. The van der Waals surface area contributed by atoms with Crippen LogP contribution in [0.1, 0.15) is 0 Å². The topological polar surface area (TPSA) is 173 Å². The molecule has 0 aromatic rings. The summed E-state index contributed by atoms with van der Waals surface area (Å²) in [6.07, 6.45) is -1.70. The standard InChI is InChI=1S/CH2N2O3S.CHNO4S/c2-1(4)3-7(5)6;3-1(4)2-7(5)6/h(H2,2,4);(H,3,4). The van der Waals surface area contributed by atoms with Crippen LogP contribution in [0.25, 0.3) is 0 Å². The molecule has 12 heteroatoms. The molecule has 3 N–H and O–H groups in total. The molecule has 0 aromatic heterocycles. The Morgan fingerprint density at radius 3 is 1.36 bits per heavy atom. The summed E-state index contributed by atoms with van der Waals surface area (Å²) in [7, 11) is -5.52. The van der Waals surface area contributed by atoms with Gasteiger partial charge >= 0.3 is 33.1 Å². The van der Waals surface area contributed by atoms with Gasteiger partial charge < -0.3 is 10.8 Å². The van der Waals surface area contributed by atoms with E-state index >= 15 is 0 Å².